The van der Waals surface area contributed by atoms with Gasteiger partial charge in [0.25, 0.3) is 0 Å². The average Bonchev–Trinajstić information content (AvgIpc) is 3.25. The van der Waals surface area contributed by atoms with Gasteiger partial charge in [0.2, 0.25) is 11.8 Å². The summed E-state index contributed by atoms with van der Waals surface area (Å²) in [6, 6.07) is 13.2. The highest BCUT2D eigenvalue weighted by molar-refractivity contribution is 6.31. The second-order valence-corrected chi connectivity index (χ2v) is 8.27. The first-order valence-electron chi connectivity index (χ1n) is 10.2. The SMILES string of the molecule is Cc1ccc(NC(=O)CN2CCc3ccccc3[C@H]2C(=O)N2CCCC2)cc1Cl. The number of rotatable bonds is 4. The first-order chi connectivity index (χ1) is 14.0. The third kappa shape index (κ3) is 4.31. The summed E-state index contributed by atoms with van der Waals surface area (Å²) in [5, 5.41) is 3.54. The number of fused-ring (bicyclic) bond motifs is 1. The number of benzene rings is 2. The van der Waals surface area contributed by atoms with Crippen LogP contribution in [0.2, 0.25) is 5.02 Å². The maximum absolute atomic E-state index is 13.3. The van der Waals surface area contributed by atoms with Crippen molar-refractivity contribution in [3.05, 3.63) is 64.2 Å². The number of hydrogen-bond donors (Lipinski definition) is 1. The van der Waals surface area contributed by atoms with E-state index in [1.165, 1.54) is 5.56 Å². The Hall–Kier alpha value is -2.37. The normalized spacial score (nSPS) is 19.1. The van der Waals surface area contributed by atoms with Gasteiger partial charge in [0.15, 0.2) is 0 Å². The van der Waals surface area contributed by atoms with E-state index in [1.807, 2.05) is 47.1 Å². The lowest BCUT2D eigenvalue weighted by Crippen LogP contribution is -2.47. The van der Waals surface area contributed by atoms with Crippen LogP contribution in [0.25, 0.3) is 0 Å². The highest BCUT2D eigenvalue weighted by Gasteiger charge is 2.37. The zero-order valence-electron chi connectivity index (χ0n) is 16.7. The van der Waals surface area contributed by atoms with Gasteiger partial charge in [0, 0.05) is 30.3 Å². The number of halogens is 1. The molecule has 0 bridgehead atoms. The summed E-state index contributed by atoms with van der Waals surface area (Å²) in [7, 11) is 0. The van der Waals surface area contributed by atoms with Crippen molar-refractivity contribution in [3.8, 4) is 0 Å². The summed E-state index contributed by atoms with van der Waals surface area (Å²) < 4.78 is 0. The number of nitrogens with one attached hydrogen (secondary N) is 1. The fourth-order valence-electron chi connectivity index (χ4n) is 4.24. The molecule has 1 atom stereocenters. The molecular formula is C23H26ClN3O2. The largest absolute Gasteiger partial charge is 0.341 e. The van der Waals surface area contributed by atoms with E-state index in [0.29, 0.717) is 17.3 Å². The van der Waals surface area contributed by atoms with Crippen LogP contribution in [-0.2, 0) is 16.0 Å². The van der Waals surface area contributed by atoms with Crippen LogP contribution in [0.1, 0.15) is 35.6 Å². The molecule has 2 aliphatic heterocycles. The number of anilines is 1. The molecule has 2 amide bonds. The molecule has 2 aromatic carbocycles. The molecule has 29 heavy (non-hydrogen) atoms. The molecule has 2 aliphatic rings. The molecule has 6 heteroatoms. The molecule has 152 valence electrons. The molecule has 0 aliphatic carbocycles. The molecular weight excluding hydrogens is 386 g/mol. The van der Waals surface area contributed by atoms with Crippen molar-refractivity contribution in [2.75, 3.05) is 31.5 Å². The molecule has 4 rings (SSSR count). The minimum absolute atomic E-state index is 0.112. The Morgan fingerprint density at radius 1 is 1.10 bits per heavy atom. The average molecular weight is 412 g/mol. The van der Waals surface area contributed by atoms with Gasteiger partial charge in [-0.3, -0.25) is 14.5 Å². The van der Waals surface area contributed by atoms with Gasteiger partial charge in [-0.05, 0) is 55.0 Å². The fraction of sp³-hybridized carbons (Fsp3) is 0.391. The minimum atomic E-state index is -0.398. The van der Waals surface area contributed by atoms with Crippen molar-refractivity contribution in [2.24, 2.45) is 0 Å². The Morgan fingerprint density at radius 2 is 1.86 bits per heavy atom. The predicted octanol–water partition coefficient (Wildman–Crippen LogP) is 3.81. The maximum atomic E-state index is 13.3. The lowest BCUT2D eigenvalue weighted by Gasteiger charge is -2.37. The third-order valence-corrected chi connectivity index (χ3v) is 6.24. The van der Waals surface area contributed by atoms with E-state index in [0.717, 1.165) is 43.5 Å². The Labute approximate surface area is 176 Å². The molecule has 0 radical (unpaired) electrons. The topological polar surface area (TPSA) is 52.7 Å². The second kappa shape index (κ2) is 8.56. The molecule has 1 fully saturated rings. The van der Waals surface area contributed by atoms with E-state index >= 15 is 0 Å². The molecule has 1 N–H and O–H groups in total. The number of carbonyl (C=O) groups excluding carboxylic acids is 2. The van der Waals surface area contributed by atoms with Crippen LogP contribution in [0.5, 0.6) is 0 Å². The first kappa shape index (κ1) is 19.9. The number of likely N-dealkylation sites (tertiary alicyclic amines) is 1. The van der Waals surface area contributed by atoms with E-state index in [-0.39, 0.29) is 18.4 Å². The molecule has 0 unspecified atom stereocenters. The van der Waals surface area contributed by atoms with Crippen LogP contribution in [0.4, 0.5) is 5.69 Å². The molecule has 2 heterocycles. The van der Waals surface area contributed by atoms with Gasteiger partial charge in [-0.2, -0.15) is 0 Å². The Balaban J connectivity index is 1.53. The first-order valence-corrected chi connectivity index (χ1v) is 10.6. The van der Waals surface area contributed by atoms with Crippen LogP contribution in [0.15, 0.2) is 42.5 Å². The Kier molecular flexibility index (Phi) is 5.88. The van der Waals surface area contributed by atoms with Gasteiger partial charge < -0.3 is 10.2 Å². The van der Waals surface area contributed by atoms with Crippen LogP contribution in [0, 0.1) is 6.92 Å². The smallest absolute Gasteiger partial charge is 0.244 e. The number of carbonyl (C=O) groups is 2. The zero-order valence-corrected chi connectivity index (χ0v) is 17.4. The van der Waals surface area contributed by atoms with Crippen molar-refractivity contribution in [1.29, 1.82) is 0 Å². The Morgan fingerprint density at radius 3 is 2.62 bits per heavy atom. The lowest BCUT2D eigenvalue weighted by atomic mass is 9.91. The standard InChI is InChI=1S/C23H26ClN3O2/c1-16-8-9-18(14-20(16)24)25-21(28)15-27-13-10-17-6-2-3-7-19(17)22(27)23(29)26-11-4-5-12-26/h2-3,6-9,14,22H,4-5,10-13,15H2,1H3,(H,25,28)/t22-/m0/s1. The van der Waals surface area contributed by atoms with Gasteiger partial charge in [-0.1, -0.05) is 41.9 Å². The monoisotopic (exact) mass is 411 g/mol. The van der Waals surface area contributed by atoms with Gasteiger partial charge in [-0.25, -0.2) is 0 Å². The van der Waals surface area contributed by atoms with E-state index in [1.54, 1.807) is 6.07 Å². The fourth-order valence-corrected chi connectivity index (χ4v) is 4.42. The van der Waals surface area contributed by atoms with Gasteiger partial charge in [0.05, 0.1) is 6.54 Å². The molecule has 2 aromatic rings. The van der Waals surface area contributed by atoms with E-state index in [4.69, 9.17) is 11.6 Å². The molecule has 0 spiro atoms. The van der Waals surface area contributed by atoms with Crippen molar-refractivity contribution in [2.45, 2.75) is 32.2 Å². The summed E-state index contributed by atoms with van der Waals surface area (Å²) in [6.45, 7) is 4.39. The van der Waals surface area contributed by atoms with Crippen LogP contribution >= 0.6 is 11.6 Å². The number of amides is 2. The number of aryl methyl sites for hydroxylation is 1. The van der Waals surface area contributed by atoms with Crippen molar-refractivity contribution in [1.82, 2.24) is 9.80 Å². The predicted molar refractivity (Wildman–Crippen MR) is 115 cm³/mol. The van der Waals surface area contributed by atoms with Crippen LogP contribution < -0.4 is 5.32 Å². The molecule has 0 saturated carbocycles. The van der Waals surface area contributed by atoms with E-state index < -0.39 is 6.04 Å². The second-order valence-electron chi connectivity index (χ2n) is 7.87. The summed E-state index contributed by atoms with van der Waals surface area (Å²) in [6.07, 6.45) is 2.94. The Bertz CT molecular complexity index is 924. The highest BCUT2D eigenvalue weighted by Crippen LogP contribution is 2.32. The summed E-state index contributed by atoms with van der Waals surface area (Å²) in [5.74, 6) is -0.0237. The lowest BCUT2D eigenvalue weighted by molar-refractivity contribution is -0.137. The molecule has 5 nitrogen and oxygen atoms in total. The minimum Gasteiger partial charge on any atom is -0.341 e. The molecule has 0 aromatic heterocycles. The van der Waals surface area contributed by atoms with Crippen molar-refractivity contribution in [3.63, 3.8) is 0 Å². The van der Waals surface area contributed by atoms with Crippen LogP contribution in [0.3, 0.4) is 0 Å². The number of hydrogen-bond acceptors (Lipinski definition) is 3. The summed E-state index contributed by atoms with van der Waals surface area (Å²) >= 11 is 6.17. The van der Waals surface area contributed by atoms with Gasteiger partial charge >= 0.3 is 0 Å². The van der Waals surface area contributed by atoms with Crippen molar-refractivity contribution < 1.29 is 9.59 Å². The van der Waals surface area contributed by atoms with Gasteiger partial charge in [0.1, 0.15) is 6.04 Å². The third-order valence-electron chi connectivity index (χ3n) is 5.84. The maximum Gasteiger partial charge on any atom is 0.244 e. The molecule has 1 saturated heterocycles. The quantitative estimate of drug-likeness (QED) is 0.832. The van der Waals surface area contributed by atoms with Gasteiger partial charge in [-0.15, -0.1) is 0 Å². The van der Waals surface area contributed by atoms with Crippen LogP contribution in [-0.4, -0.2) is 47.8 Å². The highest BCUT2D eigenvalue weighted by atomic mass is 35.5. The van der Waals surface area contributed by atoms with Crippen molar-refractivity contribution >= 4 is 29.1 Å². The summed E-state index contributed by atoms with van der Waals surface area (Å²) in [4.78, 5) is 30.0. The van der Waals surface area contributed by atoms with E-state index in [2.05, 4.69) is 11.4 Å². The summed E-state index contributed by atoms with van der Waals surface area (Å²) in [5.41, 5.74) is 3.87. The van der Waals surface area contributed by atoms with E-state index in [9.17, 15) is 9.59 Å². The zero-order chi connectivity index (χ0) is 20.4. The number of nitrogens with zero attached hydrogens (tertiary/aromatic N) is 2.